The van der Waals surface area contributed by atoms with E-state index in [1.165, 1.54) is 6.33 Å². The number of nitrogens with two attached hydrogens (primary N) is 1. The summed E-state index contributed by atoms with van der Waals surface area (Å²) >= 11 is 0. The number of rotatable bonds is 5. The second kappa shape index (κ2) is 6.81. The molecule has 1 aliphatic carbocycles. The topological polar surface area (TPSA) is 77.2 Å². The van der Waals surface area contributed by atoms with E-state index in [-0.39, 0.29) is 17.5 Å². The highest BCUT2D eigenvalue weighted by molar-refractivity contribution is 5.77. The van der Waals surface area contributed by atoms with Gasteiger partial charge in [-0.2, -0.15) is 13.2 Å². The molecule has 0 aliphatic heterocycles. The van der Waals surface area contributed by atoms with Crippen LogP contribution < -0.4 is 15.4 Å². The van der Waals surface area contributed by atoms with E-state index in [1.807, 2.05) is 11.9 Å². The van der Waals surface area contributed by atoms with Gasteiger partial charge in [0.05, 0.1) is 5.56 Å². The van der Waals surface area contributed by atoms with Crippen LogP contribution in [0, 0.1) is 0 Å². The van der Waals surface area contributed by atoms with Crippen LogP contribution in [0.3, 0.4) is 0 Å². The fourth-order valence-electron chi connectivity index (χ4n) is 2.69. The summed E-state index contributed by atoms with van der Waals surface area (Å²) in [6.45, 7) is 3.79. The van der Waals surface area contributed by atoms with E-state index in [0.717, 1.165) is 37.6 Å². The zero-order chi connectivity index (χ0) is 18.9. The number of hydrogen-bond acceptors (Lipinski definition) is 6. The number of aromatic nitrogens is 3. The van der Waals surface area contributed by atoms with Crippen LogP contribution in [0.5, 0.6) is 5.88 Å². The van der Waals surface area contributed by atoms with E-state index in [9.17, 15) is 13.2 Å². The molecule has 1 saturated carbocycles. The van der Waals surface area contributed by atoms with Crippen LogP contribution in [0.1, 0.15) is 30.4 Å². The standard InChI is InChI=1S/C17H18F3N5O/c1-10(26-13-8-11(6-7-22-13)17(18,19)20)14-15(21)23-9-24-16(14)25(2)12-4-3-5-12/h6-9,12H,1,3-5H2,2H3,(H2,21,23,24). The van der Waals surface area contributed by atoms with Crippen LogP contribution in [0.4, 0.5) is 24.8 Å². The van der Waals surface area contributed by atoms with E-state index >= 15 is 0 Å². The van der Waals surface area contributed by atoms with Gasteiger partial charge in [-0.1, -0.05) is 6.58 Å². The molecule has 2 N–H and O–H groups in total. The molecule has 0 aromatic carbocycles. The maximum atomic E-state index is 12.8. The van der Waals surface area contributed by atoms with Crippen LogP contribution in [0.2, 0.25) is 0 Å². The minimum absolute atomic E-state index is 0.0381. The lowest BCUT2D eigenvalue weighted by Gasteiger charge is -2.36. The van der Waals surface area contributed by atoms with Crippen molar-refractivity contribution in [1.82, 2.24) is 15.0 Å². The maximum absolute atomic E-state index is 12.8. The number of alkyl halides is 3. The SMILES string of the molecule is C=C(Oc1cc(C(F)(F)F)ccn1)c1c(N)ncnc1N(C)C1CCC1. The van der Waals surface area contributed by atoms with Crippen molar-refractivity contribution >= 4 is 17.4 Å². The van der Waals surface area contributed by atoms with E-state index < -0.39 is 11.7 Å². The molecule has 3 rings (SSSR count). The minimum Gasteiger partial charge on any atom is -0.439 e. The molecule has 0 radical (unpaired) electrons. The van der Waals surface area contributed by atoms with Crippen molar-refractivity contribution in [3.8, 4) is 5.88 Å². The number of anilines is 2. The third-order valence-electron chi connectivity index (χ3n) is 4.38. The molecule has 0 saturated heterocycles. The van der Waals surface area contributed by atoms with Crippen LogP contribution in [-0.2, 0) is 6.18 Å². The molecular formula is C17H18F3N5O. The Kier molecular flexibility index (Phi) is 4.71. The summed E-state index contributed by atoms with van der Waals surface area (Å²) in [5.41, 5.74) is 5.44. The van der Waals surface area contributed by atoms with Crippen LogP contribution in [-0.4, -0.2) is 28.0 Å². The molecule has 2 heterocycles. The van der Waals surface area contributed by atoms with Crippen molar-refractivity contribution in [3.63, 3.8) is 0 Å². The van der Waals surface area contributed by atoms with Crippen molar-refractivity contribution < 1.29 is 17.9 Å². The van der Waals surface area contributed by atoms with Gasteiger partial charge in [-0.15, -0.1) is 0 Å². The molecule has 9 heteroatoms. The summed E-state index contributed by atoms with van der Waals surface area (Å²) in [7, 11) is 1.88. The van der Waals surface area contributed by atoms with Gasteiger partial charge in [0.2, 0.25) is 5.88 Å². The fourth-order valence-corrected chi connectivity index (χ4v) is 2.69. The number of halogens is 3. The van der Waals surface area contributed by atoms with Crippen LogP contribution >= 0.6 is 0 Å². The lowest BCUT2D eigenvalue weighted by molar-refractivity contribution is -0.137. The number of pyridine rings is 1. The molecule has 1 fully saturated rings. The van der Waals surface area contributed by atoms with E-state index in [2.05, 4.69) is 21.5 Å². The van der Waals surface area contributed by atoms with Gasteiger partial charge in [-0.25, -0.2) is 15.0 Å². The number of ether oxygens (including phenoxy) is 1. The van der Waals surface area contributed by atoms with Gasteiger partial charge in [-0.05, 0) is 25.3 Å². The first-order chi connectivity index (χ1) is 12.3. The number of hydrogen-bond donors (Lipinski definition) is 1. The normalized spacial score (nSPS) is 14.6. The summed E-state index contributed by atoms with van der Waals surface area (Å²) in [6.07, 6.45) is 1.06. The second-order valence-electron chi connectivity index (χ2n) is 6.06. The van der Waals surface area contributed by atoms with Gasteiger partial charge in [0, 0.05) is 25.4 Å². The first kappa shape index (κ1) is 18.0. The third kappa shape index (κ3) is 3.56. The Morgan fingerprint density at radius 3 is 2.65 bits per heavy atom. The van der Waals surface area contributed by atoms with Gasteiger partial charge >= 0.3 is 6.18 Å². The number of nitrogen functional groups attached to an aromatic ring is 1. The zero-order valence-corrected chi connectivity index (χ0v) is 14.1. The predicted octanol–water partition coefficient (Wildman–Crippen LogP) is 3.51. The molecule has 2 aromatic heterocycles. The molecule has 2 aromatic rings. The lowest BCUT2D eigenvalue weighted by atomic mass is 9.91. The average molecular weight is 365 g/mol. The van der Waals surface area contributed by atoms with E-state index in [1.54, 1.807) is 0 Å². The van der Waals surface area contributed by atoms with Gasteiger partial charge in [-0.3, -0.25) is 0 Å². The van der Waals surface area contributed by atoms with E-state index in [0.29, 0.717) is 17.4 Å². The molecule has 0 bridgehead atoms. The van der Waals surface area contributed by atoms with Gasteiger partial charge < -0.3 is 15.4 Å². The largest absolute Gasteiger partial charge is 0.439 e. The zero-order valence-electron chi connectivity index (χ0n) is 14.1. The van der Waals surface area contributed by atoms with Crippen molar-refractivity contribution in [3.05, 3.63) is 42.4 Å². The molecule has 138 valence electrons. The Balaban J connectivity index is 1.88. The highest BCUT2D eigenvalue weighted by atomic mass is 19.4. The summed E-state index contributed by atoms with van der Waals surface area (Å²) in [6, 6.07) is 1.99. The van der Waals surface area contributed by atoms with Crippen LogP contribution in [0.25, 0.3) is 5.76 Å². The minimum atomic E-state index is -4.49. The second-order valence-corrected chi connectivity index (χ2v) is 6.06. The first-order valence-electron chi connectivity index (χ1n) is 8.01. The van der Waals surface area contributed by atoms with Gasteiger partial charge in [0.1, 0.15) is 29.3 Å². The van der Waals surface area contributed by atoms with Crippen molar-refractivity contribution in [2.45, 2.75) is 31.5 Å². The van der Waals surface area contributed by atoms with Crippen molar-refractivity contribution in [2.75, 3.05) is 17.7 Å². The molecule has 26 heavy (non-hydrogen) atoms. The Morgan fingerprint density at radius 2 is 2.04 bits per heavy atom. The predicted molar refractivity (Wildman–Crippen MR) is 91.4 cm³/mol. The Hall–Kier alpha value is -2.84. The molecule has 0 unspecified atom stereocenters. The maximum Gasteiger partial charge on any atom is 0.416 e. The molecule has 0 atom stereocenters. The fraction of sp³-hybridized carbons (Fsp3) is 0.353. The van der Waals surface area contributed by atoms with Crippen molar-refractivity contribution in [1.29, 1.82) is 0 Å². The Morgan fingerprint density at radius 1 is 1.31 bits per heavy atom. The number of nitrogens with zero attached hydrogens (tertiary/aromatic N) is 4. The smallest absolute Gasteiger partial charge is 0.416 e. The monoisotopic (exact) mass is 365 g/mol. The molecule has 0 amide bonds. The molecular weight excluding hydrogens is 347 g/mol. The summed E-state index contributed by atoms with van der Waals surface area (Å²) < 4.78 is 44.0. The summed E-state index contributed by atoms with van der Waals surface area (Å²) in [5, 5.41) is 0. The Bertz CT molecular complexity index is 820. The third-order valence-corrected chi connectivity index (χ3v) is 4.38. The average Bonchev–Trinajstić information content (AvgIpc) is 2.52. The highest BCUT2D eigenvalue weighted by Gasteiger charge is 2.31. The highest BCUT2D eigenvalue weighted by Crippen LogP contribution is 2.35. The van der Waals surface area contributed by atoms with Gasteiger partial charge in [0.25, 0.3) is 0 Å². The van der Waals surface area contributed by atoms with Gasteiger partial charge in [0.15, 0.2) is 0 Å². The van der Waals surface area contributed by atoms with Crippen molar-refractivity contribution in [2.24, 2.45) is 0 Å². The first-order valence-corrected chi connectivity index (χ1v) is 8.01. The molecule has 0 spiro atoms. The Labute approximate surface area is 148 Å². The quantitative estimate of drug-likeness (QED) is 0.817. The summed E-state index contributed by atoms with van der Waals surface area (Å²) in [5.74, 6) is 0.471. The lowest BCUT2D eigenvalue weighted by Crippen LogP contribution is -2.38. The summed E-state index contributed by atoms with van der Waals surface area (Å²) in [4.78, 5) is 14.0. The van der Waals surface area contributed by atoms with E-state index in [4.69, 9.17) is 10.5 Å². The molecule has 6 nitrogen and oxygen atoms in total. The molecule has 1 aliphatic rings. The van der Waals surface area contributed by atoms with Crippen LogP contribution in [0.15, 0.2) is 31.2 Å².